The molecule has 0 saturated heterocycles. The first-order valence-electron chi connectivity index (χ1n) is 7.65. The minimum absolute atomic E-state index is 0. The molecular formula is C24H18FeMnO5S-. The Balaban J connectivity index is -0.0000000840. The van der Waals surface area contributed by atoms with Crippen molar-refractivity contribution >= 4 is 11.8 Å². The van der Waals surface area contributed by atoms with Gasteiger partial charge in [0.25, 0.3) is 0 Å². The molecule has 0 heterocycles. The molecule has 2 aromatic carbocycles. The quantitative estimate of drug-likeness (QED) is 0.234. The smallest absolute Gasteiger partial charge is 0 e. The van der Waals surface area contributed by atoms with Crippen molar-refractivity contribution in [2.24, 2.45) is 0 Å². The first kappa shape index (κ1) is 44.1. The minimum atomic E-state index is 0. The third kappa shape index (κ3) is 30.6. The summed E-state index contributed by atoms with van der Waals surface area (Å²) in [5.41, 5.74) is 2.56. The van der Waals surface area contributed by atoms with Crippen LogP contribution in [0.3, 0.4) is 0 Å². The zero-order chi connectivity index (χ0) is 24.0. The molecule has 5 nitrogen and oxygen atoms in total. The fourth-order valence-corrected chi connectivity index (χ4v) is 2.33. The first-order chi connectivity index (χ1) is 14.8. The maximum atomic E-state index is 7.50. The van der Waals surface area contributed by atoms with Crippen molar-refractivity contribution in [3.05, 3.63) is 137 Å². The number of hydrogen-bond donors (Lipinski definition) is 0. The number of hydrogen-bond acceptors (Lipinski definition) is 1. The van der Waals surface area contributed by atoms with Crippen LogP contribution in [0.4, 0.5) is 0 Å². The van der Waals surface area contributed by atoms with Gasteiger partial charge in [-0.25, -0.2) is 0 Å². The van der Waals surface area contributed by atoms with Gasteiger partial charge in [-0.3, -0.25) is 0 Å². The number of benzene rings is 2. The molecular weight excluding hydrogens is 511 g/mol. The van der Waals surface area contributed by atoms with Crippen LogP contribution in [0.15, 0.2) is 59.5 Å². The monoisotopic (exact) mass is 529 g/mol. The summed E-state index contributed by atoms with van der Waals surface area (Å²) in [4.78, 5) is 1.28. The molecule has 1 fully saturated rings. The van der Waals surface area contributed by atoms with Crippen LogP contribution in [0, 0.1) is 78.0 Å². The fraction of sp³-hybridized carbons (Fsp3) is 0.0417. The zero-order valence-electron chi connectivity index (χ0n) is 16.8. The number of aryl methyl sites for hydroxylation is 1. The first-order valence-corrected chi connectivity index (χ1v) is 8.53. The van der Waals surface area contributed by atoms with Crippen LogP contribution in [0.2, 0.25) is 0 Å². The molecule has 0 aromatic heterocycles. The molecule has 0 amide bonds. The Labute approximate surface area is 217 Å². The number of rotatable bonds is 3. The number of thioether (sulfide) groups is 1. The summed E-state index contributed by atoms with van der Waals surface area (Å²) in [5, 5.41) is 0. The molecule has 0 bridgehead atoms. The van der Waals surface area contributed by atoms with E-state index in [9.17, 15) is 0 Å². The molecule has 166 valence electrons. The Bertz CT molecular complexity index is 652. The fourth-order valence-electron chi connectivity index (χ4n) is 1.61. The Hall–Kier alpha value is -1.60. The van der Waals surface area contributed by atoms with Gasteiger partial charge in [-0.15, -0.1) is 17.9 Å². The largest absolute Gasteiger partial charge is 0.0312 e. The van der Waals surface area contributed by atoms with Crippen LogP contribution < -0.4 is 0 Å². The Morgan fingerprint density at radius 3 is 1.28 bits per heavy atom. The second-order valence-electron chi connectivity index (χ2n) is 4.42. The molecule has 0 aliphatic heterocycles. The molecule has 3 rings (SSSR count). The van der Waals surface area contributed by atoms with E-state index in [0.717, 1.165) is 0 Å². The van der Waals surface area contributed by atoms with E-state index in [4.69, 9.17) is 23.3 Å². The van der Waals surface area contributed by atoms with Gasteiger partial charge in [0.15, 0.2) is 0 Å². The topological polar surface area (TPSA) is 99.5 Å². The van der Waals surface area contributed by atoms with E-state index >= 15 is 0 Å². The minimum Gasteiger partial charge on any atom is -0.0312 e. The second-order valence-corrected chi connectivity index (χ2v) is 5.36. The molecule has 1 aliphatic carbocycles. The molecule has 0 N–H and O–H groups in total. The van der Waals surface area contributed by atoms with E-state index in [-0.39, 0.29) is 34.1 Å². The van der Waals surface area contributed by atoms with Crippen LogP contribution in [0.1, 0.15) is 11.1 Å². The summed E-state index contributed by atoms with van der Waals surface area (Å²) in [5.74, 6) is 2.17. The van der Waals surface area contributed by atoms with Crippen molar-refractivity contribution in [1.82, 2.24) is 0 Å². The van der Waals surface area contributed by atoms with Crippen LogP contribution >= 0.6 is 11.8 Å². The van der Waals surface area contributed by atoms with E-state index in [1.807, 2.05) is 38.2 Å². The van der Waals surface area contributed by atoms with Gasteiger partial charge in [-0.05, 0) is 56.1 Å². The predicted molar refractivity (Wildman–Crippen MR) is 108 cm³/mol. The molecule has 0 unspecified atom stereocenters. The van der Waals surface area contributed by atoms with Gasteiger partial charge < -0.3 is 0 Å². The Kier molecular flexibility index (Phi) is 59.7. The maximum absolute atomic E-state index is 7.50. The van der Waals surface area contributed by atoms with Crippen LogP contribution in [0.5, 0.6) is 0 Å². The van der Waals surface area contributed by atoms with E-state index < -0.39 is 0 Å². The summed E-state index contributed by atoms with van der Waals surface area (Å²) >= 11 is 1.76. The van der Waals surface area contributed by atoms with Crippen molar-refractivity contribution in [3.8, 4) is 0 Å². The molecule has 0 spiro atoms. The van der Waals surface area contributed by atoms with Crippen molar-refractivity contribution in [2.45, 2.75) is 11.8 Å². The Morgan fingerprint density at radius 1 is 0.594 bits per heavy atom. The van der Waals surface area contributed by atoms with E-state index in [1.165, 1.54) is 16.0 Å². The predicted octanol–water partition coefficient (Wildman–Crippen LogP) is 5.13. The molecule has 1 saturated carbocycles. The zero-order valence-corrected chi connectivity index (χ0v) is 19.9. The van der Waals surface area contributed by atoms with Crippen molar-refractivity contribution < 1.29 is 57.4 Å². The Morgan fingerprint density at radius 2 is 0.938 bits per heavy atom. The van der Waals surface area contributed by atoms with Gasteiger partial charge in [0.1, 0.15) is 0 Å². The van der Waals surface area contributed by atoms with E-state index in [0.29, 0.717) is 0 Å². The van der Waals surface area contributed by atoms with Gasteiger partial charge in [-0.1, -0.05) is 23.8 Å². The molecule has 8 heteroatoms. The third-order valence-electron chi connectivity index (χ3n) is 2.71. The van der Waals surface area contributed by atoms with E-state index in [2.05, 4.69) is 94.5 Å². The van der Waals surface area contributed by atoms with Gasteiger partial charge in [0, 0.05) is 34.1 Å². The van der Waals surface area contributed by atoms with Crippen molar-refractivity contribution in [1.29, 1.82) is 0 Å². The SMILES string of the molecule is Cc1ccc(S[CH-]c2ccccc2)cc1.[C-]#[O+].[C-]#[O+].[C-]#[O+].[C-]#[O+].[C-]#[O+].[CH]1[CH][CH][CH][CH]1.[Fe].[Mn]. The maximum Gasteiger partial charge on any atom is 0 e. The molecule has 32 heavy (non-hydrogen) atoms. The molecule has 0 atom stereocenters. The summed E-state index contributed by atoms with van der Waals surface area (Å²) < 4.78 is 37.5. The van der Waals surface area contributed by atoms with Crippen molar-refractivity contribution in [3.63, 3.8) is 0 Å². The van der Waals surface area contributed by atoms with Gasteiger partial charge in [0.2, 0.25) is 0 Å². The van der Waals surface area contributed by atoms with Crippen molar-refractivity contribution in [2.75, 3.05) is 0 Å². The average Bonchev–Trinajstić information content (AvgIpc) is 3.46. The summed E-state index contributed by atoms with van der Waals surface area (Å²) in [6, 6.07) is 19.0. The summed E-state index contributed by atoms with van der Waals surface area (Å²) in [7, 11) is 0. The van der Waals surface area contributed by atoms with Gasteiger partial charge in [-0.2, -0.15) is 29.5 Å². The summed E-state index contributed by atoms with van der Waals surface area (Å²) in [6.45, 7) is 24.6. The average molecular weight is 529 g/mol. The third-order valence-corrected chi connectivity index (χ3v) is 3.64. The summed E-state index contributed by atoms with van der Waals surface area (Å²) in [6.07, 6.45) is 10.0. The molecule has 2 aromatic rings. The second kappa shape index (κ2) is 43.3. The van der Waals surface area contributed by atoms with Crippen LogP contribution in [-0.2, 0) is 57.4 Å². The normalized spacial score (nSPS) is 8.72. The van der Waals surface area contributed by atoms with E-state index in [1.54, 1.807) is 11.8 Å². The van der Waals surface area contributed by atoms with Crippen LogP contribution in [-0.4, -0.2) is 0 Å². The molecule has 1 aliphatic rings. The van der Waals surface area contributed by atoms with Gasteiger partial charge in [0.05, 0.1) is 0 Å². The van der Waals surface area contributed by atoms with Gasteiger partial charge >= 0.3 is 56.5 Å². The molecule has 6 radical (unpaired) electrons. The van der Waals surface area contributed by atoms with Crippen LogP contribution in [0.25, 0.3) is 0 Å². The standard InChI is InChI=1S/C14H13S.C5H5.5CO.Fe.Mn/c1-12-7-9-14(10-8-12)15-11-13-5-3-2-4-6-13;1-2-4-5-3-1;5*1-2;;/h2-11H,1H3;1-5H;;;;;;;/q-1;;;;;;;;.